The Hall–Kier alpha value is -2.50. The van der Waals surface area contributed by atoms with Gasteiger partial charge in [-0.3, -0.25) is 4.90 Å². The third kappa shape index (κ3) is 3.34. The van der Waals surface area contributed by atoms with Gasteiger partial charge in [0.1, 0.15) is 5.75 Å². The van der Waals surface area contributed by atoms with Crippen LogP contribution in [0.4, 0.5) is 4.79 Å². The van der Waals surface area contributed by atoms with Crippen LogP contribution < -0.4 is 4.74 Å². The molecule has 1 heterocycles. The number of carboxylic acid groups (broad SMARTS) is 1. The van der Waals surface area contributed by atoms with Crippen molar-refractivity contribution in [1.29, 1.82) is 0 Å². The zero-order valence-electron chi connectivity index (χ0n) is 11.9. The number of nitrogens with zero attached hydrogens (tertiary/aromatic N) is 1. The molecule has 0 saturated carbocycles. The van der Waals surface area contributed by atoms with Gasteiger partial charge in [-0.15, -0.1) is 0 Å². The van der Waals surface area contributed by atoms with Gasteiger partial charge in [0.05, 0.1) is 7.11 Å². The monoisotopic (exact) mass is 291 g/mol. The van der Waals surface area contributed by atoms with Crippen LogP contribution >= 0.6 is 0 Å². The Kier molecular flexibility index (Phi) is 4.47. The summed E-state index contributed by atoms with van der Waals surface area (Å²) in [6.07, 6.45) is -0.00556. The van der Waals surface area contributed by atoms with Gasteiger partial charge < -0.3 is 14.6 Å². The number of methoxy groups -OCH3 is 1. The van der Waals surface area contributed by atoms with E-state index in [-0.39, 0.29) is 6.54 Å². The number of hydrogen-bond donors (Lipinski definition) is 1. The molecule has 1 aliphatic heterocycles. The number of carbonyl (C=O) groups excluding carboxylic acids is 1. The standard InChI is InChI=1S/C15H17NO5/c1-10-9-13(21-14(10)17)16(15(18)19)8-7-11-5-3-4-6-12(11)20-2/h3-6,9,13H,7-8H2,1-2H3,(H,18,19). The summed E-state index contributed by atoms with van der Waals surface area (Å²) < 4.78 is 10.3. The molecule has 1 aliphatic rings. The van der Waals surface area contributed by atoms with Crippen LogP contribution in [-0.4, -0.2) is 42.0 Å². The van der Waals surface area contributed by atoms with Gasteiger partial charge in [0.15, 0.2) is 0 Å². The summed E-state index contributed by atoms with van der Waals surface area (Å²) in [5.41, 5.74) is 1.32. The summed E-state index contributed by atoms with van der Waals surface area (Å²) in [5.74, 6) is 0.224. The second kappa shape index (κ2) is 6.30. The van der Waals surface area contributed by atoms with Gasteiger partial charge in [-0.2, -0.15) is 0 Å². The minimum Gasteiger partial charge on any atom is -0.496 e. The fourth-order valence-electron chi connectivity index (χ4n) is 2.15. The lowest BCUT2D eigenvalue weighted by Gasteiger charge is -2.24. The van der Waals surface area contributed by atoms with E-state index in [2.05, 4.69) is 0 Å². The molecule has 112 valence electrons. The molecule has 1 N–H and O–H groups in total. The maximum absolute atomic E-state index is 11.4. The summed E-state index contributed by atoms with van der Waals surface area (Å²) in [4.78, 5) is 23.8. The normalized spacial score (nSPS) is 17.1. The van der Waals surface area contributed by atoms with Gasteiger partial charge in [0.2, 0.25) is 6.23 Å². The van der Waals surface area contributed by atoms with E-state index in [1.54, 1.807) is 14.0 Å². The molecule has 0 fully saturated rings. The predicted octanol–water partition coefficient (Wildman–Crippen LogP) is 2.05. The molecular weight excluding hydrogens is 274 g/mol. The molecule has 1 unspecified atom stereocenters. The summed E-state index contributed by atoms with van der Waals surface area (Å²) in [6, 6.07) is 7.41. The fraction of sp³-hybridized carbons (Fsp3) is 0.333. The smallest absolute Gasteiger partial charge is 0.410 e. The van der Waals surface area contributed by atoms with Crippen molar-refractivity contribution in [1.82, 2.24) is 4.90 Å². The molecule has 0 radical (unpaired) electrons. The van der Waals surface area contributed by atoms with Crippen molar-refractivity contribution in [2.24, 2.45) is 0 Å². The Labute approximate surface area is 122 Å². The van der Waals surface area contributed by atoms with E-state index >= 15 is 0 Å². The van der Waals surface area contributed by atoms with E-state index in [1.165, 1.54) is 6.08 Å². The van der Waals surface area contributed by atoms with Crippen LogP contribution in [0.5, 0.6) is 5.75 Å². The first kappa shape index (κ1) is 14.9. The Morgan fingerprint density at radius 1 is 1.43 bits per heavy atom. The highest BCUT2D eigenvalue weighted by atomic mass is 16.6. The maximum Gasteiger partial charge on any atom is 0.410 e. The minimum atomic E-state index is -1.13. The van der Waals surface area contributed by atoms with E-state index in [4.69, 9.17) is 9.47 Å². The molecule has 0 aliphatic carbocycles. The van der Waals surface area contributed by atoms with Crippen molar-refractivity contribution < 1.29 is 24.2 Å². The number of rotatable bonds is 5. The molecular formula is C15H17NO5. The van der Waals surface area contributed by atoms with Gasteiger partial charge in [0.25, 0.3) is 0 Å². The first-order chi connectivity index (χ1) is 10.0. The molecule has 0 aromatic heterocycles. The van der Waals surface area contributed by atoms with E-state index in [0.29, 0.717) is 17.7 Å². The summed E-state index contributed by atoms with van der Waals surface area (Å²) in [6.45, 7) is 1.81. The van der Waals surface area contributed by atoms with Gasteiger partial charge in [-0.1, -0.05) is 18.2 Å². The molecule has 6 nitrogen and oxygen atoms in total. The minimum absolute atomic E-state index is 0.206. The second-order valence-corrected chi connectivity index (χ2v) is 4.68. The quantitative estimate of drug-likeness (QED) is 0.840. The Morgan fingerprint density at radius 3 is 2.71 bits per heavy atom. The number of carbonyl (C=O) groups is 2. The molecule has 1 aromatic carbocycles. The third-order valence-corrected chi connectivity index (χ3v) is 3.31. The average Bonchev–Trinajstić information content (AvgIpc) is 2.78. The lowest BCUT2D eigenvalue weighted by atomic mass is 10.1. The van der Waals surface area contributed by atoms with Crippen molar-refractivity contribution in [3.63, 3.8) is 0 Å². The molecule has 0 spiro atoms. The predicted molar refractivity (Wildman–Crippen MR) is 75.1 cm³/mol. The van der Waals surface area contributed by atoms with Gasteiger partial charge in [-0.05, 0) is 31.1 Å². The number of benzene rings is 1. The van der Waals surface area contributed by atoms with Crippen molar-refractivity contribution in [3.8, 4) is 5.75 Å². The van der Waals surface area contributed by atoms with Crippen LogP contribution in [0.2, 0.25) is 0 Å². The van der Waals surface area contributed by atoms with Gasteiger partial charge in [0, 0.05) is 12.1 Å². The number of ether oxygens (including phenoxy) is 2. The van der Waals surface area contributed by atoms with Crippen LogP contribution in [0.3, 0.4) is 0 Å². The van der Waals surface area contributed by atoms with Crippen LogP contribution in [0.15, 0.2) is 35.9 Å². The van der Waals surface area contributed by atoms with E-state index in [1.807, 2.05) is 24.3 Å². The van der Waals surface area contributed by atoms with E-state index in [9.17, 15) is 14.7 Å². The van der Waals surface area contributed by atoms with Gasteiger partial charge >= 0.3 is 12.1 Å². The zero-order valence-corrected chi connectivity index (χ0v) is 11.9. The fourth-order valence-corrected chi connectivity index (χ4v) is 2.15. The van der Waals surface area contributed by atoms with Crippen LogP contribution in [0, 0.1) is 0 Å². The highest BCUT2D eigenvalue weighted by Crippen LogP contribution is 2.21. The molecule has 21 heavy (non-hydrogen) atoms. The zero-order chi connectivity index (χ0) is 15.4. The first-order valence-corrected chi connectivity index (χ1v) is 6.53. The lowest BCUT2D eigenvalue weighted by molar-refractivity contribution is -0.144. The maximum atomic E-state index is 11.4. The highest BCUT2D eigenvalue weighted by molar-refractivity contribution is 5.90. The molecule has 0 saturated heterocycles. The number of hydrogen-bond acceptors (Lipinski definition) is 4. The largest absolute Gasteiger partial charge is 0.496 e. The third-order valence-electron chi connectivity index (χ3n) is 3.31. The molecule has 2 rings (SSSR count). The van der Waals surface area contributed by atoms with Crippen LogP contribution in [0.25, 0.3) is 0 Å². The molecule has 0 bridgehead atoms. The Balaban J connectivity index is 2.08. The van der Waals surface area contributed by atoms with E-state index in [0.717, 1.165) is 10.5 Å². The molecule has 1 atom stereocenters. The topological polar surface area (TPSA) is 76.1 Å². The summed E-state index contributed by atoms with van der Waals surface area (Å²) >= 11 is 0. The Morgan fingerprint density at radius 2 is 2.14 bits per heavy atom. The van der Waals surface area contributed by atoms with E-state index < -0.39 is 18.3 Å². The highest BCUT2D eigenvalue weighted by Gasteiger charge is 2.30. The van der Waals surface area contributed by atoms with Gasteiger partial charge in [-0.25, -0.2) is 9.59 Å². The number of para-hydroxylation sites is 1. The van der Waals surface area contributed by atoms with Crippen molar-refractivity contribution in [2.45, 2.75) is 19.6 Å². The summed E-state index contributed by atoms with van der Waals surface area (Å²) in [7, 11) is 1.57. The lowest BCUT2D eigenvalue weighted by Crippen LogP contribution is -2.40. The van der Waals surface area contributed by atoms with Crippen molar-refractivity contribution >= 4 is 12.1 Å². The Bertz CT molecular complexity index is 581. The molecule has 1 amide bonds. The van der Waals surface area contributed by atoms with Crippen LogP contribution in [0.1, 0.15) is 12.5 Å². The summed E-state index contributed by atoms with van der Waals surface area (Å²) in [5, 5.41) is 9.28. The van der Waals surface area contributed by atoms with Crippen molar-refractivity contribution in [3.05, 3.63) is 41.5 Å². The molecule has 6 heteroatoms. The number of amides is 1. The number of esters is 1. The average molecular weight is 291 g/mol. The second-order valence-electron chi connectivity index (χ2n) is 4.68. The number of cyclic esters (lactones) is 1. The van der Waals surface area contributed by atoms with Crippen molar-refractivity contribution in [2.75, 3.05) is 13.7 Å². The van der Waals surface area contributed by atoms with Crippen LogP contribution in [-0.2, 0) is 16.0 Å². The first-order valence-electron chi connectivity index (χ1n) is 6.53. The SMILES string of the molecule is COc1ccccc1CCN(C(=O)O)C1C=C(C)C(=O)O1. The molecule has 1 aromatic rings.